The van der Waals surface area contributed by atoms with Gasteiger partial charge in [0.05, 0.1) is 6.10 Å². The highest BCUT2D eigenvalue weighted by atomic mass is 35.5. The van der Waals surface area contributed by atoms with Crippen LogP contribution in [0.2, 0.25) is 0 Å². The summed E-state index contributed by atoms with van der Waals surface area (Å²) in [5.41, 5.74) is 2.64. The Bertz CT molecular complexity index is 341. The molecule has 0 radical (unpaired) electrons. The zero-order valence-electron chi connectivity index (χ0n) is 11.2. The Balaban J connectivity index is 1.71. The summed E-state index contributed by atoms with van der Waals surface area (Å²) in [6, 6.07) is 8.68. The Hall–Kier alpha value is -0.530. The summed E-state index contributed by atoms with van der Waals surface area (Å²) < 4.78 is 5.74. The molecule has 0 bridgehead atoms. The molecule has 0 aliphatic carbocycles. The Morgan fingerprint density at radius 2 is 2.06 bits per heavy atom. The molecule has 0 saturated carbocycles. The summed E-state index contributed by atoms with van der Waals surface area (Å²) in [6.45, 7) is 3.05. The lowest BCUT2D eigenvalue weighted by Gasteiger charge is -2.23. The van der Waals surface area contributed by atoms with Gasteiger partial charge in [-0.15, -0.1) is 11.6 Å². The van der Waals surface area contributed by atoms with Gasteiger partial charge in [0.2, 0.25) is 0 Å². The maximum absolute atomic E-state index is 6.42. The Morgan fingerprint density at radius 3 is 2.72 bits per heavy atom. The minimum atomic E-state index is 0.234. The molecule has 0 N–H and O–H groups in total. The van der Waals surface area contributed by atoms with Gasteiger partial charge >= 0.3 is 0 Å². The van der Waals surface area contributed by atoms with Crippen LogP contribution in [0, 0.1) is 6.92 Å². The highest BCUT2D eigenvalue weighted by molar-refractivity contribution is 6.20. The molecule has 1 fully saturated rings. The molecule has 0 amide bonds. The molecule has 1 heterocycles. The number of benzene rings is 1. The molecule has 1 aliphatic rings. The molecule has 2 atom stereocenters. The van der Waals surface area contributed by atoms with Gasteiger partial charge in [-0.05, 0) is 51.0 Å². The fourth-order valence-corrected chi connectivity index (χ4v) is 2.79. The highest BCUT2D eigenvalue weighted by Crippen LogP contribution is 2.21. The Kier molecular flexibility index (Phi) is 5.52. The second-order valence-corrected chi connectivity index (χ2v) is 5.97. The topological polar surface area (TPSA) is 9.23 Å². The lowest BCUT2D eigenvalue weighted by Crippen LogP contribution is -2.20. The number of hydrogen-bond acceptors (Lipinski definition) is 1. The molecule has 2 rings (SSSR count). The molecular weight excluding hydrogens is 244 g/mol. The average Bonchev–Trinajstić information content (AvgIpc) is 2.40. The molecule has 1 aliphatic heterocycles. The first-order valence-corrected chi connectivity index (χ1v) is 7.49. The first-order chi connectivity index (χ1) is 8.74. The van der Waals surface area contributed by atoms with Crippen molar-refractivity contribution in [3.8, 4) is 0 Å². The van der Waals surface area contributed by atoms with E-state index in [2.05, 4.69) is 31.2 Å². The van der Waals surface area contributed by atoms with Crippen molar-refractivity contribution in [1.82, 2.24) is 0 Å². The van der Waals surface area contributed by atoms with Gasteiger partial charge in [0, 0.05) is 12.0 Å². The van der Waals surface area contributed by atoms with E-state index >= 15 is 0 Å². The first-order valence-electron chi connectivity index (χ1n) is 7.05. The van der Waals surface area contributed by atoms with Crippen LogP contribution in [-0.4, -0.2) is 18.1 Å². The molecule has 1 saturated heterocycles. The predicted molar refractivity (Wildman–Crippen MR) is 77.3 cm³/mol. The third-order valence-corrected chi connectivity index (χ3v) is 4.03. The fourth-order valence-electron chi connectivity index (χ4n) is 2.48. The van der Waals surface area contributed by atoms with Crippen LogP contribution in [0.1, 0.15) is 43.2 Å². The number of rotatable bonds is 5. The summed E-state index contributed by atoms with van der Waals surface area (Å²) in [7, 11) is 0. The number of aryl methyl sites for hydroxylation is 1. The van der Waals surface area contributed by atoms with Crippen molar-refractivity contribution in [2.75, 3.05) is 6.61 Å². The van der Waals surface area contributed by atoms with E-state index in [-0.39, 0.29) is 5.38 Å². The van der Waals surface area contributed by atoms with E-state index in [9.17, 15) is 0 Å². The van der Waals surface area contributed by atoms with E-state index < -0.39 is 0 Å². The van der Waals surface area contributed by atoms with E-state index in [0.717, 1.165) is 25.9 Å². The second-order valence-electron chi connectivity index (χ2n) is 5.35. The summed E-state index contributed by atoms with van der Waals surface area (Å²) in [5.74, 6) is 0. The summed E-state index contributed by atoms with van der Waals surface area (Å²) in [6.07, 6.45) is 7.35. The van der Waals surface area contributed by atoms with Crippen molar-refractivity contribution >= 4 is 11.6 Å². The normalized spacial score (nSPS) is 21.8. The number of hydrogen-bond donors (Lipinski definition) is 0. The average molecular weight is 267 g/mol. The van der Waals surface area contributed by atoms with Gasteiger partial charge in [-0.25, -0.2) is 0 Å². The van der Waals surface area contributed by atoms with Gasteiger partial charge in [0.1, 0.15) is 0 Å². The van der Waals surface area contributed by atoms with Gasteiger partial charge in [-0.2, -0.15) is 0 Å². The molecule has 100 valence electrons. The van der Waals surface area contributed by atoms with Gasteiger partial charge in [-0.3, -0.25) is 0 Å². The maximum atomic E-state index is 6.42. The standard InChI is InChI=1S/C16H23ClO/c1-13-5-7-14(8-6-13)12-15(17)9-10-16-4-2-3-11-18-16/h5-8,15-16H,2-4,9-12H2,1H3. The van der Waals surface area contributed by atoms with Crippen molar-refractivity contribution in [1.29, 1.82) is 0 Å². The van der Waals surface area contributed by atoms with Crippen LogP contribution in [0.5, 0.6) is 0 Å². The van der Waals surface area contributed by atoms with Crippen LogP contribution in [0.15, 0.2) is 24.3 Å². The van der Waals surface area contributed by atoms with Gasteiger partial charge < -0.3 is 4.74 Å². The van der Waals surface area contributed by atoms with Crippen molar-refractivity contribution in [2.45, 2.75) is 56.9 Å². The number of alkyl halides is 1. The molecular formula is C16H23ClO. The van der Waals surface area contributed by atoms with Crippen LogP contribution in [0.3, 0.4) is 0 Å². The van der Waals surface area contributed by atoms with E-state index in [1.165, 1.54) is 30.4 Å². The highest BCUT2D eigenvalue weighted by Gasteiger charge is 2.15. The monoisotopic (exact) mass is 266 g/mol. The van der Waals surface area contributed by atoms with Crippen LogP contribution < -0.4 is 0 Å². The van der Waals surface area contributed by atoms with Gasteiger partial charge in [0.15, 0.2) is 0 Å². The summed E-state index contributed by atoms with van der Waals surface area (Å²) >= 11 is 6.42. The molecule has 1 aromatic rings. The maximum Gasteiger partial charge on any atom is 0.0575 e. The van der Waals surface area contributed by atoms with E-state index in [1.54, 1.807) is 0 Å². The minimum Gasteiger partial charge on any atom is -0.378 e. The smallest absolute Gasteiger partial charge is 0.0575 e. The Morgan fingerprint density at radius 1 is 1.28 bits per heavy atom. The SMILES string of the molecule is Cc1ccc(CC(Cl)CCC2CCCCO2)cc1. The number of halogens is 1. The zero-order chi connectivity index (χ0) is 12.8. The molecule has 0 spiro atoms. The minimum absolute atomic E-state index is 0.234. The molecule has 18 heavy (non-hydrogen) atoms. The third kappa shape index (κ3) is 4.62. The third-order valence-electron chi connectivity index (χ3n) is 3.65. The number of ether oxygens (including phenoxy) is 1. The van der Waals surface area contributed by atoms with Crippen LogP contribution >= 0.6 is 11.6 Å². The largest absolute Gasteiger partial charge is 0.378 e. The fraction of sp³-hybridized carbons (Fsp3) is 0.625. The summed E-state index contributed by atoms with van der Waals surface area (Å²) in [5, 5.41) is 0.234. The van der Waals surface area contributed by atoms with E-state index in [4.69, 9.17) is 16.3 Å². The predicted octanol–water partition coefficient (Wildman–Crippen LogP) is 4.49. The molecule has 2 unspecified atom stereocenters. The molecule has 0 aromatic heterocycles. The Labute approximate surface area is 115 Å². The van der Waals surface area contributed by atoms with Crippen molar-refractivity contribution in [3.63, 3.8) is 0 Å². The second kappa shape index (κ2) is 7.16. The quantitative estimate of drug-likeness (QED) is 0.714. The first kappa shape index (κ1) is 13.9. The van der Waals surface area contributed by atoms with Gasteiger partial charge in [-0.1, -0.05) is 29.8 Å². The van der Waals surface area contributed by atoms with Crippen LogP contribution in [0.4, 0.5) is 0 Å². The lowest BCUT2D eigenvalue weighted by atomic mass is 10.0. The summed E-state index contributed by atoms with van der Waals surface area (Å²) in [4.78, 5) is 0. The lowest BCUT2D eigenvalue weighted by molar-refractivity contribution is 0.0100. The molecule has 1 aromatic carbocycles. The van der Waals surface area contributed by atoms with E-state index in [1.807, 2.05) is 0 Å². The van der Waals surface area contributed by atoms with Crippen molar-refractivity contribution < 1.29 is 4.74 Å². The molecule has 2 heteroatoms. The van der Waals surface area contributed by atoms with Crippen LogP contribution in [-0.2, 0) is 11.2 Å². The van der Waals surface area contributed by atoms with Crippen molar-refractivity contribution in [3.05, 3.63) is 35.4 Å². The van der Waals surface area contributed by atoms with Crippen LogP contribution in [0.25, 0.3) is 0 Å². The van der Waals surface area contributed by atoms with E-state index in [0.29, 0.717) is 6.10 Å². The van der Waals surface area contributed by atoms with Crippen molar-refractivity contribution in [2.24, 2.45) is 0 Å². The molecule has 1 nitrogen and oxygen atoms in total. The van der Waals surface area contributed by atoms with Gasteiger partial charge in [0.25, 0.3) is 0 Å². The zero-order valence-corrected chi connectivity index (χ0v) is 12.0.